The van der Waals surface area contributed by atoms with E-state index in [9.17, 15) is 19.5 Å². The molecule has 9 heteroatoms. The van der Waals surface area contributed by atoms with E-state index >= 15 is 0 Å². The van der Waals surface area contributed by atoms with E-state index in [1.807, 2.05) is 72.8 Å². The third kappa shape index (κ3) is 4.48. The molecule has 0 radical (unpaired) electrons. The number of carbonyl (C=O) groups is 3. The van der Waals surface area contributed by atoms with Gasteiger partial charge in [-0.3, -0.25) is 14.4 Å². The Bertz CT molecular complexity index is 1540. The second kappa shape index (κ2) is 11.5. The molecule has 3 aliphatic heterocycles. The van der Waals surface area contributed by atoms with Gasteiger partial charge in [0.2, 0.25) is 5.91 Å². The number of hydrogen-bond donors (Lipinski definition) is 1. The van der Waals surface area contributed by atoms with Crippen LogP contribution in [0.25, 0.3) is 10.8 Å². The number of aliphatic hydroxyl groups excluding tert-OH is 1. The molecular formula is C33H33BrN2O5S. The van der Waals surface area contributed by atoms with Crippen molar-refractivity contribution in [1.82, 2.24) is 4.90 Å². The number of benzene rings is 3. The number of nitrogens with zero attached hydrogens (tertiary/aromatic N) is 2. The van der Waals surface area contributed by atoms with Crippen molar-refractivity contribution in [2.75, 3.05) is 24.7 Å². The summed E-state index contributed by atoms with van der Waals surface area (Å²) in [5.41, 5.74) is 1.42. The first-order valence-electron chi connectivity index (χ1n) is 14.2. The zero-order valence-electron chi connectivity index (χ0n) is 23.3. The Hall–Kier alpha value is -3.14. The van der Waals surface area contributed by atoms with E-state index in [1.54, 1.807) is 34.6 Å². The lowest BCUT2D eigenvalue weighted by molar-refractivity contribution is -0.154. The van der Waals surface area contributed by atoms with Crippen LogP contribution in [0, 0.1) is 11.8 Å². The maximum atomic E-state index is 15.0. The minimum absolute atomic E-state index is 0.0750. The van der Waals surface area contributed by atoms with Gasteiger partial charge in [0.05, 0.1) is 35.8 Å². The summed E-state index contributed by atoms with van der Waals surface area (Å²) < 4.78 is 4.60. The third-order valence-corrected chi connectivity index (χ3v) is 12.1. The minimum Gasteiger partial charge on any atom is -0.466 e. The van der Waals surface area contributed by atoms with Crippen molar-refractivity contribution in [2.24, 2.45) is 11.8 Å². The smallest absolute Gasteiger partial charge is 0.310 e. The highest BCUT2D eigenvalue weighted by molar-refractivity contribution is 9.09. The molecule has 2 bridgehead atoms. The summed E-state index contributed by atoms with van der Waals surface area (Å²) in [6, 6.07) is 21.4. The number of aliphatic hydroxyl groups is 1. The number of carbonyl (C=O) groups excluding carboxylic acids is 3. The van der Waals surface area contributed by atoms with Gasteiger partial charge in [-0.1, -0.05) is 82.7 Å². The maximum absolute atomic E-state index is 15.0. The van der Waals surface area contributed by atoms with Gasteiger partial charge in [-0.2, -0.15) is 0 Å². The molecule has 218 valence electrons. The van der Waals surface area contributed by atoms with Crippen LogP contribution in [-0.4, -0.2) is 68.4 Å². The average molecular weight is 650 g/mol. The normalized spacial score (nSPS) is 28.5. The average Bonchev–Trinajstić information content (AvgIpc) is 3.60. The number of hydrogen-bond acceptors (Lipinski definition) is 6. The van der Waals surface area contributed by atoms with Gasteiger partial charge in [-0.05, 0) is 41.8 Å². The molecule has 3 fully saturated rings. The SMILES string of the molecule is C=CCN(C(=O)C1N([C@H](CO)c2ccccc2)C(=O)[C@@H]2[C@H](C(=O)OCC)[C@H]3SC12CC3Br)c1ccc2ccccc2c1. The van der Waals surface area contributed by atoms with Crippen LogP contribution in [0.1, 0.15) is 24.9 Å². The Balaban J connectivity index is 1.50. The Morgan fingerprint density at radius 1 is 1.17 bits per heavy atom. The molecule has 0 saturated carbocycles. The fourth-order valence-electron chi connectivity index (χ4n) is 7.16. The molecule has 3 saturated heterocycles. The minimum atomic E-state index is -0.923. The number of esters is 1. The number of alkyl halides is 1. The predicted octanol–water partition coefficient (Wildman–Crippen LogP) is 5.12. The molecule has 1 N–H and O–H groups in total. The highest BCUT2D eigenvalue weighted by atomic mass is 79.9. The number of halogens is 1. The van der Waals surface area contributed by atoms with E-state index in [-0.39, 0.29) is 41.6 Å². The number of ether oxygens (including phenoxy) is 1. The lowest BCUT2D eigenvalue weighted by Gasteiger charge is -2.40. The van der Waals surface area contributed by atoms with Crippen LogP contribution in [0.2, 0.25) is 0 Å². The van der Waals surface area contributed by atoms with Crippen LogP contribution < -0.4 is 4.90 Å². The maximum Gasteiger partial charge on any atom is 0.310 e. The number of anilines is 1. The second-order valence-electron chi connectivity index (χ2n) is 11.0. The first-order valence-corrected chi connectivity index (χ1v) is 16.0. The van der Waals surface area contributed by atoms with Crippen LogP contribution in [0.15, 0.2) is 85.5 Å². The van der Waals surface area contributed by atoms with Crippen molar-refractivity contribution in [3.05, 3.63) is 91.0 Å². The molecular weight excluding hydrogens is 616 g/mol. The summed E-state index contributed by atoms with van der Waals surface area (Å²) in [6.45, 7) is 5.75. The van der Waals surface area contributed by atoms with Crippen LogP contribution in [-0.2, 0) is 19.1 Å². The Labute approximate surface area is 258 Å². The van der Waals surface area contributed by atoms with Gasteiger partial charge in [0.1, 0.15) is 6.04 Å². The molecule has 0 aromatic heterocycles. The number of amides is 2. The lowest BCUT2D eigenvalue weighted by Crippen LogP contribution is -2.56. The van der Waals surface area contributed by atoms with Gasteiger partial charge < -0.3 is 19.6 Å². The molecule has 0 aliphatic carbocycles. The number of fused-ring (bicyclic) bond motifs is 2. The Morgan fingerprint density at radius 3 is 2.57 bits per heavy atom. The van der Waals surface area contributed by atoms with Crippen LogP contribution in [0.3, 0.4) is 0 Å². The monoisotopic (exact) mass is 648 g/mol. The summed E-state index contributed by atoms with van der Waals surface area (Å²) in [4.78, 5) is 46.1. The summed E-state index contributed by atoms with van der Waals surface area (Å²) in [5.74, 6) is -2.39. The fourth-order valence-corrected chi connectivity index (χ4v) is 10.7. The molecule has 3 aromatic carbocycles. The molecule has 42 heavy (non-hydrogen) atoms. The fraction of sp³-hybridized carbons (Fsp3) is 0.364. The van der Waals surface area contributed by atoms with Gasteiger partial charge in [0.15, 0.2) is 0 Å². The summed E-state index contributed by atoms with van der Waals surface area (Å²) in [5, 5.41) is 12.6. The predicted molar refractivity (Wildman–Crippen MR) is 168 cm³/mol. The van der Waals surface area contributed by atoms with Gasteiger partial charge in [0.25, 0.3) is 5.91 Å². The van der Waals surface area contributed by atoms with Crippen molar-refractivity contribution in [2.45, 2.75) is 40.3 Å². The topological polar surface area (TPSA) is 87.2 Å². The highest BCUT2D eigenvalue weighted by Gasteiger charge is 2.76. The zero-order valence-corrected chi connectivity index (χ0v) is 25.7. The molecule has 6 rings (SSSR count). The molecule has 3 heterocycles. The van der Waals surface area contributed by atoms with E-state index in [1.165, 1.54) is 0 Å². The lowest BCUT2D eigenvalue weighted by atomic mass is 9.71. The van der Waals surface area contributed by atoms with E-state index in [2.05, 4.69) is 22.5 Å². The van der Waals surface area contributed by atoms with Crippen molar-refractivity contribution in [1.29, 1.82) is 0 Å². The molecule has 1 spiro atoms. The quantitative estimate of drug-likeness (QED) is 0.197. The highest BCUT2D eigenvalue weighted by Crippen LogP contribution is 2.68. The van der Waals surface area contributed by atoms with Crippen LogP contribution >= 0.6 is 27.7 Å². The van der Waals surface area contributed by atoms with Crippen molar-refractivity contribution in [3.63, 3.8) is 0 Å². The van der Waals surface area contributed by atoms with Crippen molar-refractivity contribution < 1.29 is 24.2 Å². The van der Waals surface area contributed by atoms with Gasteiger partial charge >= 0.3 is 5.97 Å². The zero-order chi connectivity index (χ0) is 29.6. The Kier molecular flexibility index (Phi) is 7.93. The van der Waals surface area contributed by atoms with Crippen LogP contribution in [0.4, 0.5) is 5.69 Å². The first-order chi connectivity index (χ1) is 20.4. The summed E-state index contributed by atoms with van der Waals surface area (Å²) >= 11 is 5.35. The van der Waals surface area contributed by atoms with Gasteiger partial charge in [0, 0.05) is 22.3 Å². The van der Waals surface area contributed by atoms with E-state index in [0.717, 1.165) is 16.3 Å². The van der Waals surface area contributed by atoms with E-state index in [4.69, 9.17) is 4.74 Å². The van der Waals surface area contributed by atoms with Crippen molar-refractivity contribution in [3.8, 4) is 0 Å². The standard InChI is InChI=1S/C33H33BrN2O5S/c1-3-16-35(23-15-14-20-10-8-9-13-22(20)17-23)31(39)29-33-18-24(34)28(42-33)26(32(40)41-4-2)27(33)30(38)36(29)25(19-37)21-11-6-5-7-12-21/h3,5-15,17,24-29,37H,1,4,16,18-19H2,2H3/t24?,25-,26+,27+,28+,29?,33?/m1/s1. The summed E-state index contributed by atoms with van der Waals surface area (Å²) in [6.07, 6.45) is 2.21. The van der Waals surface area contributed by atoms with Crippen molar-refractivity contribution >= 4 is 61.9 Å². The number of thioether (sulfide) groups is 1. The molecule has 3 aromatic rings. The van der Waals surface area contributed by atoms with Crippen LogP contribution in [0.5, 0.6) is 0 Å². The van der Waals surface area contributed by atoms with Gasteiger partial charge in [-0.25, -0.2) is 0 Å². The molecule has 3 unspecified atom stereocenters. The van der Waals surface area contributed by atoms with E-state index < -0.39 is 34.6 Å². The molecule has 3 aliphatic rings. The number of rotatable bonds is 9. The molecule has 7 atom stereocenters. The second-order valence-corrected chi connectivity index (χ2v) is 13.8. The largest absolute Gasteiger partial charge is 0.466 e. The summed E-state index contributed by atoms with van der Waals surface area (Å²) in [7, 11) is 0. The first kappa shape index (κ1) is 29.0. The van der Waals surface area contributed by atoms with Gasteiger partial charge in [-0.15, -0.1) is 18.3 Å². The Morgan fingerprint density at radius 2 is 1.88 bits per heavy atom. The van der Waals surface area contributed by atoms with E-state index in [0.29, 0.717) is 12.1 Å². The molecule has 2 amide bonds. The molecule has 7 nitrogen and oxygen atoms in total. The third-order valence-electron chi connectivity index (χ3n) is 8.84. The number of likely N-dealkylation sites (tertiary alicyclic amines) is 1.